The lowest BCUT2D eigenvalue weighted by Gasteiger charge is -2.08. The SMILES string of the molecule is N#Cc1c(NC(=O)CC2CCCC2)sc2c1CCC2. The highest BCUT2D eigenvalue weighted by molar-refractivity contribution is 7.16. The Morgan fingerprint density at radius 1 is 1.32 bits per heavy atom. The number of thiophene rings is 1. The van der Waals surface area contributed by atoms with Crippen molar-refractivity contribution in [3.05, 3.63) is 16.0 Å². The molecular weight excluding hydrogens is 256 g/mol. The van der Waals surface area contributed by atoms with Gasteiger partial charge < -0.3 is 5.32 Å². The van der Waals surface area contributed by atoms with Crippen LogP contribution < -0.4 is 5.32 Å². The van der Waals surface area contributed by atoms with E-state index < -0.39 is 0 Å². The Labute approximate surface area is 117 Å². The van der Waals surface area contributed by atoms with E-state index in [0.717, 1.165) is 29.8 Å². The zero-order chi connectivity index (χ0) is 13.2. The van der Waals surface area contributed by atoms with Crippen LogP contribution in [-0.4, -0.2) is 5.91 Å². The first kappa shape index (κ1) is 12.7. The monoisotopic (exact) mass is 274 g/mol. The van der Waals surface area contributed by atoms with Crippen LogP contribution in [0.2, 0.25) is 0 Å². The molecular formula is C15H18N2OS. The molecule has 0 saturated heterocycles. The standard InChI is InChI=1S/C15H18N2OS/c16-9-12-11-6-3-7-13(11)19-15(12)17-14(18)8-10-4-1-2-5-10/h10H,1-8H2,(H,17,18). The number of anilines is 1. The molecule has 4 heteroatoms. The van der Waals surface area contributed by atoms with E-state index in [1.807, 2.05) is 0 Å². The van der Waals surface area contributed by atoms with Crippen molar-refractivity contribution in [3.63, 3.8) is 0 Å². The van der Waals surface area contributed by atoms with Crippen molar-refractivity contribution in [1.82, 2.24) is 0 Å². The van der Waals surface area contributed by atoms with Crippen LogP contribution in [0, 0.1) is 17.2 Å². The molecule has 19 heavy (non-hydrogen) atoms. The van der Waals surface area contributed by atoms with Gasteiger partial charge in [0.1, 0.15) is 11.1 Å². The summed E-state index contributed by atoms with van der Waals surface area (Å²) >= 11 is 1.60. The van der Waals surface area contributed by atoms with Crippen molar-refractivity contribution < 1.29 is 4.79 Å². The van der Waals surface area contributed by atoms with Crippen molar-refractivity contribution in [3.8, 4) is 6.07 Å². The van der Waals surface area contributed by atoms with E-state index in [1.54, 1.807) is 11.3 Å². The van der Waals surface area contributed by atoms with Crippen molar-refractivity contribution >= 4 is 22.2 Å². The van der Waals surface area contributed by atoms with Gasteiger partial charge in [-0.1, -0.05) is 12.8 Å². The maximum absolute atomic E-state index is 12.0. The summed E-state index contributed by atoms with van der Waals surface area (Å²) in [4.78, 5) is 13.3. The minimum atomic E-state index is 0.0864. The second kappa shape index (κ2) is 5.34. The lowest BCUT2D eigenvalue weighted by atomic mass is 10.0. The maximum Gasteiger partial charge on any atom is 0.225 e. The molecule has 0 unspecified atom stereocenters. The number of aryl methyl sites for hydroxylation is 1. The van der Waals surface area contributed by atoms with Crippen LogP contribution in [0.1, 0.15) is 54.5 Å². The Morgan fingerprint density at radius 2 is 2.11 bits per heavy atom. The molecule has 1 aromatic heterocycles. The fourth-order valence-corrected chi connectivity index (χ4v) is 4.52. The van der Waals surface area contributed by atoms with Gasteiger partial charge in [0.05, 0.1) is 5.56 Å². The predicted octanol–water partition coefficient (Wildman–Crippen LogP) is 3.63. The largest absolute Gasteiger partial charge is 0.317 e. The van der Waals surface area contributed by atoms with Crippen LogP contribution in [0.5, 0.6) is 0 Å². The molecule has 1 amide bonds. The van der Waals surface area contributed by atoms with Gasteiger partial charge in [0.15, 0.2) is 0 Å². The van der Waals surface area contributed by atoms with Gasteiger partial charge in [-0.2, -0.15) is 5.26 Å². The summed E-state index contributed by atoms with van der Waals surface area (Å²) < 4.78 is 0. The third kappa shape index (κ3) is 2.52. The number of rotatable bonds is 3. The van der Waals surface area contributed by atoms with E-state index in [9.17, 15) is 10.1 Å². The van der Waals surface area contributed by atoms with Crippen LogP contribution in [0.4, 0.5) is 5.00 Å². The zero-order valence-corrected chi connectivity index (χ0v) is 11.8. The van der Waals surface area contributed by atoms with Crippen LogP contribution in [-0.2, 0) is 17.6 Å². The second-order valence-electron chi connectivity index (χ2n) is 5.58. The highest BCUT2D eigenvalue weighted by Gasteiger charge is 2.24. The molecule has 1 N–H and O–H groups in total. The number of nitriles is 1. The zero-order valence-electron chi connectivity index (χ0n) is 11.0. The number of amides is 1. The quantitative estimate of drug-likeness (QED) is 0.915. The van der Waals surface area contributed by atoms with E-state index in [4.69, 9.17) is 0 Å². The van der Waals surface area contributed by atoms with Crippen molar-refractivity contribution in [2.45, 2.75) is 51.4 Å². The Balaban J connectivity index is 1.69. The Kier molecular flexibility index (Phi) is 3.56. The fourth-order valence-electron chi connectivity index (χ4n) is 3.26. The second-order valence-corrected chi connectivity index (χ2v) is 6.68. The maximum atomic E-state index is 12.0. The molecule has 1 aromatic rings. The van der Waals surface area contributed by atoms with Gasteiger partial charge in [-0.05, 0) is 43.6 Å². The molecule has 1 saturated carbocycles. The molecule has 100 valence electrons. The van der Waals surface area contributed by atoms with Gasteiger partial charge in [-0.25, -0.2) is 0 Å². The summed E-state index contributed by atoms with van der Waals surface area (Å²) in [5, 5.41) is 13.0. The topological polar surface area (TPSA) is 52.9 Å². The number of hydrogen-bond acceptors (Lipinski definition) is 3. The minimum Gasteiger partial charge on any atom is -0.317 e. The average Bonchev–Trinajstić information content (AvgIpc) is 3.05. The molecule has 0 radical (unpaired) electrons. The number of hydrogen-bond donors (Lipinski definition) is 1. The number of carbonyl (C=O) groups excluding carboxylic acids is 1. The molecule has 2 aliphatic rings. The van der Waals surface area contributed by atoms with E-state index in [1.165, 1.54) is 36.1 Å². The van der Waals surface area contributed by atoms with Gasteiger partial charge >= 0.3 is 0 Å². The minimum absolute atomic E-state index is 0.0864. The van der Waals surface area contributed by atoms with E-state index in [2.05, 4.69) is 11.4 Å². The predicted molar refractivity (Wildman–Crippen MR) is 76.3 cm³/mol. The fraction of sp³-hybridized carbons (Fsp3) is 0.600. The first-order valence-electron chi connectivity index (χ1n) is 7.12. The summed E-state index contributed by atoms with van der Waals surface area (Å²) in [7, 11) is 0. The number of nitrogens with zero attached hydrogens (tertiary/aromatic N) is 1. The first-order valence-corrected chi connectivity index (χ1v) is 7.94. The van der Waals surface area contributed by atoms with Gasteiger partial charge in [-0.3, -0.25) is 4.79 Å². The van der Waals surface area contributed by atoms with Gasteiger partial charge in [-0.15, -0.1) is 11.3 Å². The van der Waals surface area contributed by atoms with Crippen molar-refractivity contribution in [2.24, 2.45) is 5.92 Å². The first-order chi connectivity index (χ1) is 9.28. The Bertz CT molecular complexity index is 535. The van der Waals surface area contributed by atoms with E-state index >= 15 is 0 Å². The lowest BCUT2D eigenvalue weighted by Crippen LogP contribution is -2.15. The number of carbonyl (C=O) groups is 1. The lowest BCUT2D eigenvalue weighted by molar-refractivity contribution is -0.117. The van der Waals surface area contributed by atoms with Crippen LogP contribution in [0.3, 0.4) is 0 Å². The van der Waals surface area contributed by atoms with Crippen molar-refractivity contribution in [2.75, 3.05) is 5.32 Å². The highest BCUT2D eigenvalue weighted by atomic mass is 32.1. The molecule has 0 bridgehead atoms. The molecule has 1 heterocycles. The average molecular weight is 274 g/mol. The van der Waals surface area contributed by atoms with Crippen molar-refractivity contribution in [1.29, 1.82) is 5.26 Å². The normalized spacial score (nSPS) is 18.3. The summed E-state index contributed by atoms with van der Waals surface area (Å²) in [6.07, 6.45) is 8.70. The molecule has 3 nitrogen and oxygen atoms in total. The van der Waals surface area contributed by atoms with Crippen LogP contribution in [0.15, 0.2) is 0 Å². The number of nitrogens with one attached hydrogen (secondary N) is 1. The molecule has 0 aliphatic heterocycles. The molecule has 3 rings (SSSR count). The van der Waals surface area contributed by atoms with E-state index in [0.29, 0.717) is 12.3 Å². The Hall–Kier alpha value is -1.34. The third-order valence-corrected chi connectivity index (χ3v) is 5.44. The molecule has 0 atom stereocenters. The highest BCUT2D eigenvalue weighted by Crippen LogP contribution is 2.38. The number of fused-ring (bicyclic) bond motifs is 1. The molecule has 0 aromatic carbocycles. The summed E-state index contributed by atoms with van der Waals surface area (Å²) in [6, 6.07) is 2.27. The van der Waals surface area contributed by atoms with E-state index in [-0.39, 0.29) is 5.91 Å². The third-order valence-electron chi connectivity index (χ3n) is 4.23. The molecule has 1 fully saturated rings. The van der Waals surface area contributed by atoms with Crippen LogP contribution in [0.25, 0.3) is 0 Å². The summed E-state index contributed by atoms with van der Waals surface area (Å²) in [6.45, 7) is 0. The smallest absolute Gasteiger partial charge is 0.225 e. The molecule has 2 aliphatic carbocycles. The summed E-state index contributed by atoms with van der Waals surface area (Å²) in [5.74, 6) is 0.640. The van der Waals surface area contributed by atoms with Gasteiger partial charge in [0.25, 0.3) is 0 Å². The summed E-state index contributed by atoms with van der Waals surface area (Å²) in [5.41, 5.74) is 1.90. The molecule has 0 spiro atoms. The van der Waals surface area contributed by atoms with Crippen LogP contribution >= 0.6 is 11.3 Å². The Morgan fingerprint density at radius 3 is 2.84 bits per heavy atom. The van der Waals surface area contributed by atoms with Gasteiger partial charge in [0, 0.05) is 11.3 Å². The van der Waals surface area contributed by atoms with Gasteiger partial charge in [0.2, 0.25) is 5.91 Å².